The fraction of sp³-hybridized carbons (Fsp3) is 0.684. The van der Waals surface area contributed by atoms with Crippen LogP contribution in [-0.4, -0.2) is 43.3 Å². The second-order valence-corrected chi connectivity index (χ2v) is 7.07. The van der Waals surface area contributed by atoms with Crippen LogP contribution in [0.25, 0.3) is 0 Å². The van der Waals surface area contributed by atoms with Crippen LogP contribution in [0, 0.1) is 0 Å². The molecular formula is C19H32ClIN4O. The molecule has 1 fully saturated rings. The van der Waals surface area contributed by atoms with Crippen LogP contribution in [-0.2, 0) is 11.2 Å². The van der Waals surface area contributed by atoms with E-state index in [0.717, 1.165) is 56.9 Å². The number of pyridine rings is 1. The number of nitrogens with zero attached hydrogens (tertiary/aromatic N) is 2. The van der Waals surface area contributed by atoms with Crippen LogP contribution in [0.1, 0.15) is 51.0 Å². The lowest BCUT2D eigenvalue weighted by molar-refractivity contribution is -0.0657. The zero-order chi connectivity index (χ0) is 18.0. The predicted molar refractivity (Wildman–Crippen MR) is 120 cm³/mol. The molecule has 148 valence electrons. The third-order valence-electron chi connectivity index (χ3n) is 4.67. The van der Waals surface area contributed by atoms with Gasteiger partial charge in [0.05, 0.1) is 5.60 Å². The number of ether oxygens (including phenoxy) is 1. The SMILES string of the molecule is CCCOC1(CNC(=NC)NCCc2ccc(Cl)nc2)CCCCC1.I. The largest absolute Gasteiger partial charge is 0.373 e. The van der Waals surface area contributed by atoms with Gasteiger partial charge >= 0.3 is 0 Å². The summed E-state index contributed by atoms with van der Waals surface area (Å²) in [5, 5.41) is 7.36. The van der Waals surface area contributed by atoms with Crippen molar-refractivity contribution in [3.63, 3.8) is 0 Å². The van der Waals surface area contributed by atoms with Crippen molar-refractivity contribution in [1.82, 2.24) is 15.6 Å². The maximum Gasteiger partial charge on any atom is 0.191 e. The molecule has 7 heteroatoms. The van der Waals surface area contributed by atoms with E-state index in [9.17, 15) is 0 Å². The molecule has 0 unspecified atom stereocenters. The molecule has 0 saturated heterocycles. The van der Waals surface area contributed by atoms with Gasteiger partial charge in [0.1, 0.15) is 5.15 Å². The summed E-state index contributed by atoms with van der Waals surface area (Å²) in [4.78, 5) is 8.44. The van der Waals surface area contributed by atoms with E-state index in [-0.39, 0.29) is 29.6 Å². The lowest BCUT2D eigenvalue weighted by Crippen LogP contribution is -2.50. The summed E-state index contributed by atoms with van der Waals surface area (Å²) >= 11 is 5.82. The molecule has 1 aromatic rings. The molecule has 0 amide bonds. The van der Waals surface area contributed by atoms with E-state index in [1.807, 2.05) is 18.3 Å². The first-order valence-corrected chi connectivity index (χ1v) is 9.74. The number of hydrogen-bond acceptors (Lipinski definition) is 3. The summed E-state index contributed by atoms with van der Waals surface area (Å²) in [5.74, 6) is 0.826. The molecule has 1 heterocycles. The first-order valence-electron chi connectivity index (χ1n) is 9.36. The van der Waals surface area contributed by atoms with E-state index in [0.29, 0.717) is 5.15 Å². The van der Waals surface area contributed by atoms with E-state index in [1.54, 1.807) is 7.05 Å². The highest BCUT2D eigenvalue weighted by Crippen LogP contribution is 2.31. The van der Waals surface area contributed by atoms with Crippen molar-refractivity contribution in [1.29, 1.82) is 0 Å². The molecule has 1 aromatic heterocycles. The van der Waals surface area contributed by atoms with Gasteiger partial charge in [-0.25, -0.2) is 4.98 Å². The number of halogens is 2. The molecule has 1 saturated carbocycles. The van der Waals surface area contributed by atoms with E-state index < -0.39 is 0 Å². The van der Waals surface area contributed by atoms with Crippen molar-refractivity contribution in [3.8, 4) is 0 Å². The molecule has 0 aromatic carbocycles. The number of rotatable bonds is 8. The minimum absolute atomic E-state index is 0. The van der Waals surface area contributed by atoms with Crippen molar-refractivity contribution < 1.29 is 4.74 Å². The Labute approximate surface area is 179 Å². The zero-order valence-electron chi connectivity index (χ0n) is 15.9. The Morgan fingerprint density at radius 1 is 1.27 bits per heavy atom. The van der Waals surface area contributed by atoms with Gasteiger partial charge in [-0.05, 0) is 37.3 Å². The van der Waals surface area contributed by atoms with Gasteiger partial charge in [-0.1, -0.05) is 43.9 Å². The quantitative estimate of drug-likeness (QED) is 0.246. The number of hydrogen-bond donors (Lipinski definition) is 2. The zero-order valence-corrected chi connectivity index (χ0v) is 19.0. The Morgan fingerprint density at radius 2 is 2.04 bits per heavy atom. The molecule has 0 radical (unpaired) electrons. The summed E-state index contributed by atoms with van der Waals surface area (Å²) in [7, 11) is 1.81. The fourth-order valence-electron chi connectivity index (χ4n) is 3.23. The Balaban J connectivity index is 0.00000338. The molecule has 1 aliphatic rings. The summed E-state index contributed by atoms with van der Waals surface area (Å²) in [6.07, 6.45) is 9.84. The van der Waals surface area contributed by atoms with Crippen molar-refractivity contribution in [2.45, 2.75) is 57.5 Å². The second-order valence-electron chi connectivity index (χ2n) is 6.68. The Bertz CT molecular complexity index is 533. The fourth-order valence-corrected chi connectivity index (χ4v) is 3.34. The third kappa shape index (κ3) is 7.96. The molecular weight excluding hydrogens is 463 g/mol. The van der Waals surface area contributed by atoms with Crippen LogP contribution >= 0.6 is 35.6 Å². The van der Waals surface area contributed by atoms with E-state index >= 15 is 0 Å². The van der Waals surface area contributed by atoms with Gasteiger partial charge in [0.2, 0.25) is 0 Å². The summed E-state index contributed by atoms with van der Waals surface area (Å²) < 4.78 is 6.23. The molecule has 26 heavy (non-hydrogen) atoms. The lowest BCUT2D eigenvalue weighted by atomic mass is 9.84. The van der Waals surface area contributed by atoms with Crippen LogP contribution in [0.2, 0.25) is 5.15 Å². The first kappa shape index (κ1) is 23.4. The van der Waals surface area contributed by atoms with Gasteiger partial charge in [0.15, 0.2) is 5.96 Å². The maximum atomic E-state index is 6.23. The van der Waals surface area contributed by atoms with E-state index in [2.05, 4.69) is 27.5 Å². The van der Waals surface area contributed by atoms with Crippen LogP contribution in [0.15, 0.2) is 23.3 Å². The average molecular weight is 495 g/mol. The van der Waals surface area contributed by atoms with Crippen molar-refractivity contribution in [3.05, 3.63) is 29.0 Å². The van der Waals surface area contributed by atoms with E-state index in [1.165, 1.54) is 19.3 Å². The monoisotopic (exact) mass is 494 g/mol. The number of aromatic nitrogens is 1. The summed E-state index contributed by atoms with van der Waals surface area (Å²) in [5.41, 5.74) is 1.12. The number of aliphatic imine (C=N–C) groups is 1. The number of nitrogens with one attached hydrogen (secondary N) is 2. The predicted octanol–water partition coefficient (Wildman–Crippen LogP) is 4.19. The Kier molecular flexibility index (Phi) is 11.5. The van der Waals surface area contributed by atoms with Gasteiger partial charge < -0.3 is 15.4 Å². The summed E-state index contributed by atoms with van der Waals surface area (Å²) in [6.45, 7) is 4.61. The first-order chi connectivity index (χ1) is 12.2. The minimum atomic E-state index is -0.0357. The van der Waals surface area contributed by atoms with E-state index in [4.69, 9.17) is 16.3 Å². The van der Waals surface area contributed by atoms with Crippen LogP contribution in [0.4, 0.5) is 0 Å². The topological polar surface area (TPSA) is 58.5 Å². The molecule has 5 nitrogen and oxygen atoms in total. The van der Waals surface area contributed by atoms with Gasteiger partial charge in [-0.3, -0.25) is 4.99 Å². The van der Waals surface area contributed by atoms with Gasteiger partial charge in [-0.15, -0.1) is 24.0 Å². The highest BCUT2D eigenvalue weighted by atomic mass is 127. The van der Waals surface area contributed by atoms with Crippen LogP contribution in [0.3, 0.4) is 0 Å². The van der Waals surface area contributed by atoms with Crippen molar-refractivity contribution in [2.75, 3.05) is 26.7 Å². The van der Waals surface area contributed by atoms with Crippen molar-refractivity contribution in [2.24, 2.45) is 4.99 Å². The summed E-state index contributed by atoms with van der Waals surface area (Å²) in [6, 6.07) is 3.82. The van der Waals surface area contributed by atoms with Gasteiger partial charge in [0.25, 0.3) is 0 Å². The van der Waals surface area contributed by atoms with Crippen molar-refractivity contribution >= 4 is 41.5 Å². The minimum Gasteiger partial charge on any atom is -0.373 e. The molecule has 2 N–H and O–H groups in total. The second kappa shape index (κ2) is 12.7. The smallest absolute Gasteiger partial charge is 0.191 e. The lowest BCUT2D eigenvalue weighted by Gasteiger charge is -2.37. The molecule has 0 atom stereocenters. The maximum absolute atomic E-state index is 6.23. The Hall–Kier alpha value is -0.600. The van der Waals surface area contributed by atoms with Gasteiger partial charge in [0, 0.05) is 32.9 Å². The molecule has 0 spiro atoms. The standard InChI is InChI=1S/C19H31ClN4O.HI/c1-3-13-25-19(10-5-4-6-11-19)15-24-18(21-2)22-12-9-16-7-8-17(20)23-14-16;/h7-8,14H,3-6,9-13,15H2,1-2H3,(H2,21,22,24);1H. The molecule has 1 aliphatic carbocycles. The van der Waals surface area contributed by atoms with Gasteiger partial charge in [-0.2, -0.15) is 0 Å². The number of guanidine groups is 1. The van der Waals surface area contributed by atoms with Crippen LogP contribution in [0.5, 0.6) is 0 Å². The third-order valence-corrected chi connectivity index (χ3v) is 4.90. The highest BCUT2D eigenvalue weighted by Gasteiger charge is 2.32. The molecule has 0 aliphatic heterocycles. The Morgan fingerprint density at radius 3 is 2.65 bits per heavy atom. The van der Waals surface area contributed by atoms with Crippen LogP contribution < -0.4 is 10.6 Å². The molecule has 2 rings (SSSR count). The molecule has 0 bridgehead atoms. The highest BCUT2D eigenvalue weighted by molar-refractivity contribution is 14.0. The normalized spacial score (nSPS) is 16.7. The average Bonchev–Trinajstić information content (AvgIpc) is 2.65.